The second-order valence-corrected chi connectivity index (χ2v) is 9.22. The monoisotopic (exact) mass is 476 g/mol. The molecule has 7 heteroatoms. The Morgan fingerprint density at radius 1 is 1.09 bits per heavy atom. The van der Waals surface area contributed by atoms with E-state index in [9.17, 15) is 14.0 Å². The molecule has 35 heavy (non-hydrogen) atoms. The number of nitrogens with one attached hydrogen (secondary N) is 1. The number of halogens is 1. The van der Waals surface area contributed by atoms with Crippen LogP contribution in [-0.2, 0) is 9.59 Å². The van der Waals surface area contributed by atoms with E-state index in [0.29, 0.717) is 36.1 Å². The van der Waals surface area contributed by atoms with Gasteiger partial charge in [0.05, 0.1) is 17.9 Å². The lowest BCUT2D eigenvalue weighted by Gasteiger charge is -2.22. The first kappa shape index (κ1) is 24.6. The Balaban J connectivity index is 1.49. The lowest BCUT2D eigenvalue weighted by molar-refractivity contribution is -0.135. The van der Waals surface area contributed by atoms with Gasteiger partial charge < -0.3 is 10.2 Å². The highest BCUT2D eigenvalue weighted by molar-refractivity contribution is 5.94. The van der Waals surface area contributed by atoms with E-state index >= 15 is 0 Å². The molecule has 1 aromatic heterocycles. The molecular formula is C28H33FN4O2. The molecule has 0 spiro atoms. The Kier molecular flexibility index (Phi) is 8.29. The molecule has 0 radical (unpaired) electrons. The minimum Gasteiger partial charge on any atom is -0.333 e. The first-order valence-corrected chi connectivity index (χ1v) is 12.5. The van der Waals surface area contributed by atoms with Gasteiger partial charge in [-0.15, -0.1) is 0 Å². The third kappa shape index (κ3) is 6.56. The van der Waals surface area contributed by atoms with Gasteiger partial charge in [0, 0.05) is 24.6 Å². The van der Waals surface area contributed by atoms with Crippen molar-refractivity contribution in [3.8, 4) is 16.9 Å². The molecule has 0 atom stereocenters. The van der Waals surface area contributed by atoms with Gasteiger partial charge in [-0.05, 0) is 43.0 Å². The Morgan fingerprint density at radius 3 is 2.49 bits per heavy atom. The van der Waals surface area contributed by atoms with Crippen LogP contribution < -0.4 is 5.32 Å². The summed E-state index contributed by atoms with van der Waals surface area (Å²) in [6.45, 7) is 2.54. The van der Waals surface area contributed by atoms with Crippen molar-refractivity contribution in [3.05, 3.63) is 66.5 Å². The van der Waals surface area contributed by atoms with E-state index in [1.54, 1.807) is 27.8 Å². The van der Waals surface area contributed by atoms with Crippen LogP contribution in [-0.4, -0.2) is 39.6 Å². The van der Waals surface area contributed by atoms with Crippen molar-refractivity contribution in [1.82, 2.24) is 14.7 Å². The summed E-state index contributed by atoms with van der Waals surface area (Å²) in [5.74, 6) is 0.510. The number of carbonyl (C=O) groups is 2. The maximum Gasteiger partial charge on any atom is 0.245 e. The Labute approximate surface area is 206 Å². The maximum absolute atomic E-state index is 13.5. The molecule has 0 unspecified atom stereocenters. The van der Waals surface area contributed by atoms with Crippen molar-refractivity contribution in [2.24, 2.45) is 5.92 Å². The summed E-state index contributed by atoms with van der Waals surface area (Å²) in [6, 6.07) is 17.4. The van der Waals surface area contributed by atoms with Gasteiger partial charge in [0.25, 0.3) is 0 Å². The molecule has 1 fully saturated rings. The molecule has 1 N–H and O–H groups in total. The zero-order valence-electron chi connectivity index (χ0n) is 20.3. The van der Waals surface area contributed by atoms with Crippen LogP contribution in [0.3, 0.4) is 0 Å². The highest BCUT2D eigenvalue weighted by atomic mass is 19.1. The van der Waals surface area contributed by atoms with E-state index in [0.717, 1.165) is 18.4 Å². The number of aromatic nitrogens is 2. The molecular weight excluding hydrogens is 443 g/mol. The number of nitrogens with zero attached hydrogens (tertiary/aromatic N) is 3. The maximum atomic E-state index is 13.5. The first-order valence-electron chi connectivity index (χ1n) is 12.5. The molecule has 1 aliphatic rings. The normalized spacial score (nSPS) is 13.7. The van der Waals surface area contributed by atoms with Crippen LogP contribution in [0.2, 0.25) is 0 Å². The lowest BCUT2D eigenvalue weighted by atomic mass is 10.0. The molecule has 184 valence electrons. The lowest BCUT2D eigenvalue weighted by Crippen LogP contribution is -2.38. The standard InChI is InChI=1S/C28H33FN4O2/c1-2-18-32(28(35)17-12-21-8-6-7-9-21)20-27(34)30-26-19-25(22-10-4-3-5-11-22)31-33(26)24-15-13-23(29)14-16-24/h3-5,10-11,13-16,19,21H,2,6-9,12,17-18,20H2,1H3,(H,30,34). The van der Waals surface area contributed by atoms with Gasteiger partial charge >= 0.3 is 0 Å². The number of amides is 2. The molecule has 0 aliphatic heterocycles. The molecule has 6 nitrogen and oxygen atoms in total. The summed E-state index contributed by atoms with van der Waals surface area (Å²) >= 11 is 0. The van der Waals surface area contributed by atoms with Crippen LogP contribution in [0.25, 0.3) is 16.9 Å². The van der Waals surface area contributed by atoms with Crippen LogP contribution in [0.4, 0.5) is 10.2 Å². The third-order valence-electron chi connectivity index (χ3n) is 6.54. The van der Waals surface area contributed by atoms with Crippen LogP contribution >= 0.6 is 0 Å². The molecule has 1 aliphatic carbocycles. The van der Waals surface area contributed by atoms with E-state index in [4.69, 9.17) is 0 Å². The minimum absolute atomic E-state index is 0.00733. The van der Waals surface area contributed by atoms with Crippen molar-refractivity contribution in [2.45, 2.75) is 51.9 Å². The second kappa shape index (κ2) is 11.8. The predicted molar refractivity (Wildman–Crippen MR) is 136 cm³/mol. The van der Waals surface area contributed by atoms with Crippen LogP contribution in [0.1, 0.15) is 51.9 Å². The molecule has 4 rings (SSSR count). The van der Waals surface area contributed by atoms with Crippen LogP contribution in [0, 0.1) is 11.7 Å². The van der Waals surface area contributed by atoms with Gasteiger partial charge in [-0.1, -0.05) is 62.9 Å². The van der Waals surface area contributed by atoms with Crippen molar-refractivity contribution < 1.29 is 14.0 Å². The van der Waals surface area contributed by atoms with Crippen LogP contribution in [0.15, 0.2) is 60.7 Å². The summed E-state index contributed by atoms with van der Waals surface area (Å²) in [4.78, 5) is 27.6. The number of carbonyl (C=O) groups excluding carboxylic acids is 2. The average Bonchev–Trinajstić information content (AvgIpc) is 3.54. The largest absolute Gasteiger partial charge is 0.333 e. The van der Waals surface area contributed by atoms with Crippen molar-refractivity contribution in [2.75, 3.05) is 18.4 Å². The Morgan fingerprint density at radius 2 is 1.80 bits per heavy atom. The quantitative estimate of drug-likeness (QED) is 0.401. The van der Waals surface area contributed by atoms with E-state index in [1.807, 2.05) is 37.3 Å². The highest BCUT2D eigenvalue weighted by Gasteiger charge is 2.21. The minimum atomic E-state index is -0.346. The smallest absolute Gasteiger partial charge is 0.245 e. The van der Waals surface area contributed by atoms with Gasteiger partial charge in [-0.3, -0.25) is 9.59 Å². The second-order valence-electron chi connectivity index (χ2n) is 9.22. The number of hydrogen-bond donors (Lipinski definition) is 1. The topological polar surface area (TPSA) is 67.2 Å². The van der Waals surface area contributed by atoms with Gasteiger partial charge in [-0.25, -0.2) is 9.07 Å². The number of benzene rings is 2. The van der Waals surface area contributed by atoms with Crippen LogP contribution in [0.5, 0.6) is 0 Å². The fourth-order valence-corrected chi connectivity index (χ4v) is 4.70. The third-order valence-corrected chi connectivity index (χ3v) is 6.54. The first-order chi connectivity index (χ1) is 17.0. The average molecular weight is 477 g/mol. The summed E-state index contributed by atoms with van der Waals surface area (Å²) in [7, 11) is 0. The predicted octanol–water partition coefficient (Wildman–Crippen LogP) is 5.83. The fraction of sp³-hybridized carbons (Fsp3) is 0.393. The fourth-order valence-electron chi connectivity index (χ4n) is 4.70. The van der Waals surface area contributed by atoms with Gasteiger partial charge in [-0.2, -0.15) is 5.10 Å². The summed E-state index contributed by atoms with van der Waals surface area (Å²) in [5, 5.41) is 7.59. The molecule has 3 aromatic rings. The van der Waals surface area contributed by atoms with E-state index in [-0.39, 0.29) is 24.2 Å². The van der Waals surface area contributed by atoms with Crippen molar-refractivity contribution >= 4 is 17.6 Å². The zero-order chi connectivity index (χ0) is 24.6. The summed E-state index contributed by atoms with van der Waals surface area (Å²) in [6.07, 6.45) is 7.10. The SMILES string of the molecule is CCCN(CC(=O)Nc1cc(-c2ccccc2)nn1-c1ccc(F)cc1)C(=O)CCC1CCCC1. The highest BCUT2D eigenvalue weighted by Crippen LogP contribution is 2.29. The number of rotatable bonds is 10. The molecule has 0 bridgehead atoms. The molecule has 2 amide bonds. The Hall–Kier alpha value is -3.48. The molecule has 0 saturated heterocycles. The van der Waals surface area contributed by atoms with Gasteiger partial charge in [0.2, 0.25) is 11.8 Å². The molecule has 1 heterocycles. The van der Waals surface area contributed by atoms with E-state index < -0.39 is 0 Å². The van der Waals surface area contributed by atoms with Crippen molar-refractivity contribution in [3.63, 3.8) is 0 Å². The number of anilines is 1. The van der Waals surface area contributed by atoms with Gasteiger partial charge in [0.15, 0.2) is 0 Å². The molecule has 1 saturated carbocycles. The van der Waals surface area contributed by atoms with Gasteiger partial charge in [0.1, 0.15) is 11.6 Å². The molecule has 2 aromatic carbocycles. The zero-order valence-corrected chi connectivity index (χ0v) is 20.3. The Bertz CT molecular complexity index is 1120. The van der Waals surface area contributed by atoms with E-state index in [2.05, 4.69) is 10.4 Å². The summed E-state index contributed by atoms with van der Waals surface area (Å²) in [5.41, 5.74) is 2.21. The van der Waals surface area contributed by atoms with E-state index in [1.165, 1.54) is 37.8 Å². The van der Waals surface area contributed by atoms with Crippen molar-refractivity contribution in [1.29, 1.82) is 0 Å². The summed E-state index contributed by atoms with van der Waals surface area (Å²) < 4.78 is 15.1. The number of hydrogen-bond acceptors (Lipinski definition) is 3.